The molecule has 5 aromatic carbocycles. The van der Waals surface area contributed by atoms with Gasteiger partial charge in [0.2, 0.25) is 0 Å². The monoisotopic (exact) mass is 612 g/mol. The van der Waals surface area contributed by atoms with Crippen molar-refractivity contribution in [1.82, 2.24) is 9.55 Å². The van der Waals surface area contributed by atoms with Crippen LogP contribution in [0.1, 0.15) is 49.9 Å². The molecule has 7 aromatic rings. The second kappa shape index (κ2) is 11.7. The molecule has 2 heterocycles. The van der Waals surface area contributed by atoms with Crippen LogP contribution < -0.4 is 5.46 Å². The number of aromatic nitrogens is 2. The molecule has 0 atom stereocenters. The summed E-state index contributed by atoms with van der Waals surface area (Å²) in [5.41, 5.74) is 10.3. The van der Waals surface area contributed by atoms with Crippen LogP contribution in [0.15, 0.2) is 140 Å². The average Bonchev–Trinajstić information content (AvgIpc) is 3.57. The van der Waals surface area contributed by atoms with Crippen LogP contribution >= 0.6 is 0 Å². The van der Waals surface area contributed by atoms with E-state index < -0.39 is 12.5 Å². The molecule has 0 saturated heterocycles. The Morgan fingerprint density at radius 1 is 0.574 bits per heavy atom. The number of fused-ring (bicyclic) bond motifs is 6. The quantitative estimate of drug-likeness (QED) is 0.161. The summed E-state index contributed by atoms with van der Waals surface area (Å²) in [6.45, 7) is 8.10. The van der Waals surface area contributed by atoms with Crippen LogP contribution in [-0.4, -0.2) is 28.9 Å². The maximum atomic E-state index is 6.14. The predicted octanol–water partition coefficient (Wildman–Crippen LogP) is 9.09. The van der Waals surface area contributed by atoms with Crippen molar-refractivity contribution in [3.05, 3.63) is 162 Å². The zero-order valence-corrected chi connectivity index (χ0v) is 27.2. The van der Waals surface area contributed by atoms with E-state index >= 15 is 0 Å². The molecule has 0 spiro atoms. The zero-order valence-electron chi connectivity index (χ0n) is 27.2. The maximum absolute atomic E-state index is 6.14. The number of hydrogen-bond acceptors (Lipinski definition) is 3. The summed E-state index contributed by atoms with van der Waals surface area (Å²) in [6.07, 6.45) is 1.94. The van der Waals surface area contributed by atoms with Crippen molar-refractivity contribution in [3.63, 3.8) is 0 Å². The predicted molar refractivity (Wildman–Crippen MR) is 194 cm³/mol. The summed E-state index contributed by atoms with van der Waals surface area (Å²) in [6, 6.07) is 48.5. The first-order valence-electron chi connectivity index (χ1n) is 16.5. The second-order valence-corrected chi connectivity index (χ2v) is 12.9. The first-order valence-corrected chi connectivity index (χ1v) is 16.5. The Hall–Kier alpha value is -4.97. The standard InChI is InChI=1S/C42H37BN2O2/c1-28(2)46-43(47-29(3)4)32-23-24-41(44-27-32)45-39-22-14-12-20-34(39)36-25-35-33-19-11-13-21-37(33)42(38(35)26-40(36)45,30-15-7-5-8-16-30)31-17-9-6-10-18-31/h5-29H,1-4H3. The van der Waals surface area contributed by atoms with Gasteiger partial charge in [-0.2, -0.15) is 0 Å². The largest absolute Gasteiger partial charge is 0.495 e. The van der Waals surface area contributed by atoms with E-state index in [0.29, 0.717) is 0 Å². The van der Waals surface area contributed by atoms with E-state index in [-0.39, 0.29) is 12.2 Å². The number of rotatable bonds is 8. The smallest absolute Gasteiger partial charge is 0.405 e. The fraction of sp³-hybridized carbons (Fsp3) is 0.167. The van der Waals surface area contributed by atoms with Crippen molar-refractivity contribution in [2.24, 2.45) is 0 Å². The highest BCUT2D eigenvalue weighted by atomic mass is 16.6. The minimum Gasteiger partial charge on any atom is -0.405 e. The van der Waals surface area contributed by atoms with E-state index in [1.807, 2.05) is 33.9 Å². The zero-order chi connectivity index (χ0) is 32.1. The van der Waals surface area contributed by atoms with Gasteiger partial charge in [0.25, 0.3) is 0 Å². The summed E-state index contributed by atoms with van der Waals surface area (Å²) >= 11 is 0. The van der Waals surface area contributed by atoms with Crippen LogP contribution in [0, 0.1) is 0 Å². The highest BCUT2D eigenvalue weighted by molar-refractivity contribution is 6.61. The van der Waals surface area contributed by atoms with E-state index in [2.05, 4.69) is 138 Å². The topological polar surface area (TPSA) is 36.3 Å². The first-order chi connectivity index (χ1) is 23.0. The summed E-state index contributed by atoms with van der Waals surface area (Å²) in [4.78, 5) is 5.05. The molecule has 0 aliphatic heterocycles. The van der Waals surface area contributed by atoms with Gasteiger partial charge in [-0.15, -0.1) is 0 Å². The van der Waals surface area contributed by atoms with Crippen molar-refractivity contribution in [1.29, 1.82) is 0 Å². The lowest BCUT2D eigenvalue weighted by atomic mass is 9.67. The van der Waals surface area contributed by atoms with E-state index in [9.17, 15) is 0 Å². The Morgan fingerprint density at radius 2 is 1.19 bits per heavy atom. The minimum atomic E-state index is -0.478. The van der Waals surface area contributed by atoms with Crippen LogP contribution in [0.5, 0.6) is 0 Å². The van der Waals surface area contributed by atoms with Crippen molar-refractivity contribution < 1.29 is 9.31 Å². The molecular formula is C42H37BN2O2. The Kier molecular flexibility index (Phi) is 7.32. The van der Waals surface area contributed by atoms with Gasteiger partial charge in [0.1, 0.15) is 5.82 Å². The van der Waals surface area contributed by atoms with Crippen molar-refractivity contribution in [3.8, 4) is 16.9 Å². The molecular weight excluding hydrogens is 575 g/mol. The van der Waals surface area contributed by atoms with Gasteiger partial charge in [-0.25, -0.2) is 4.98 Å². The molecule has 0 radical (unpaired) electrons. The normalized spacial score (nSPS) is 13.4. The van der Waals surface area contributed by atoms with Crippen LogP contribution in [-0.2, 0) is 14.7 Å². The van der Waals surface area contributed by atoms with Gasteiger partial charge >= 0.3 is 7.12 Å². The molecule has 0 fully saturated rings. The van der Waals surface area contributed by atoms with E-state index in [1.54, 1.807) is 0 Å². The minimum absolute atomic E-state index is 0.0245. The van der Waals surface area contributed by atoms with Crippen molar-refractivity contribution in [2.75, 3.05) is 0 Å². The summed E-state index contributed by atoms with van der Waals surface area (Å²) in [5, 5.41) is 2.41. The van der Waals surface area contributed by atoms with E-state index in [0.717, 1.165) is 22.3 Å². The van der Waals surface area contributed by atoms with Gasteiger partial charge in [0.15, 0.2) is 0 Å². The second-order valence-electron chi connectivity index (χ2n) is 12.9. The fourth-order valence-corrected chi connectivity index (χ4v) is 7.50. The Bertz CT molecular complexity index is 2160. The van der Waals surface area contributed by atoms with E-state index in [1.165, 1.54) is 44.2 Å². The molecule has 0 amide bonds. The lowest BCUT2D eigenvalue weighted by molar-refractivity contribution is 0.139. The Labute approximate surface area is 276 Å². The maximum Gasteiger partial charge on any atom is 0.495 e. The molecule has 1 aliphatic rings. The Balaban J connectivity index is 1.40. The first kappa shape index (κ1) is 29.4. The molecule has 0 unspecified atom stereocenters. The van der Waals surface area contributed by atoms with Gasteiger partial charge in [-0.3, -0.25) is 4.57 Å². The number of benzene rings is 5. The summed E-state index contributed by atoms with van der Waals surface area (Å²) in [5.74, 6) is 0.855. The summed E-state index contributed by atoms with van der Waals surface area (Å²) in [7, 11) is -0.478. The SMILES string of the molecule is CC(C)OB(OC(C)C)c1ccc(-n2c3ccccc3c3cc4c(cc32)C(c2ccccc2)(c2ccccc2)c2ccccc2-4)nc1. The van der Waals surface area contributed by atoms with Crippen LogP contribution in [0.3, 0.4) is 0 Å². The molecule has 4 nitrogen and oxygen atoms in total. The molecule has 0 N–H and O–H groups in total. The third-order valence-corrected chi connectivity index (χ3v) is 9.31. The van der Waals surface area contributed by atoms with E-state index in [4.69, 9.17) is 14.3 Å². The summed E-state index contributed by atoms with van der Waals surface area (Å²) < 4.78 is 14.6. The number of hydrogen-bond donors (Lipinski definition) is 0. The van der Waals surface area contributed by atoms with Crippen molar-refractivity contribution >= 4 is 34.4 Å². The molecule has 5 heteroatoms. The highest BCUT2D eigenvalue weighted by Crippen LogP contribution is 2.57. The Morgan fingerprint density at radius 3 is 1.83 bits per heavy atom. The van der Waals surface area contributed by atoms with Gasteiger partial charge in [-0.1, -0.05) is 109 Å². The van der Waals surface area contributed by atoms with Gasteiger partial charge in [-0.05, 0) is 85.3 Å². The number of nitrogens with zero attached hydrogens (tertiary/aromatic N) is 2. The number of pyridine rings is 1. The molecule has 230 valence electrons. The highest BCUT2D eigenvalue weighted by Gasteiger charge is 2.46. The molecule has 1 aliphatic carbocycles. The van der Waals surface area contributed by atoms with Gasteiger partial charge in [0.05, 0.1) is 16.4 Å². The molecule has 0 bridgehead atoms. The third kappa shape index (κ3) is 4.72. The molecule has 8 rings (SSSR count). The van der Waals surface area contributed by atoms with Gasteiger partial charge < -0.3 is 9.31 Å². The van der Waals surface area contributed by atoms with Crippen molar-refractivity contribution in [2.45, 2.75) is 45.3 Å². The lowest BCUT2D eigenvalue weighted by Crippen LogP contribution is -2.41. The fourth-order valence-electron chi connectivity index (χ4n) is 7.50. The van der Waals surface area contributed by atoms with Crippen LogP contribution in [0.2, 0.25) is 0 Å². The van der Waals surface area contributed by atoms with Gasteiger partial charge in [0, 0.05) is 34.6 Å². The molecule has 2 aromatic heterocycles. The average molecular weight is 613 g/mol. The number of para-hydroxylation sites is 1. The van der Waals surface area contributed by atoms with Crippen LogP contribution in [0.25, 0.3) is 38.8 Å². The van der Waals surface area contributed by atoms with Crippen LogP contribution in [0.4, 0.5) is 0 Å². The lowest BCUT2D eigenvalue weighted by Gasteiger charge is -2.34. The third-order valence-electron chi connectivity index (χ3n) is 9.31. The molecule has 47 heavy (non-hydrogen) atoms. The molecule has 0 saturated carbocycles.